The van der Waals surface area contributed by atoms with Crippen molar-refractivity contribution in [2.75, 3.05) is 44.4 Å². The van der Waals surface area contributed by atoms with Crippen LogP contribution in [-0.2, 0) is 4.74 Å². The lowest BCUT2D eigenvalue weighted by molar-refractivity contribution is -0.384. The summed E-state index contributed by atoms with van der Waals surface area (Å²) in [6.07, 6.45) is 0. The van der Waals surface area contributed by atoms with Crippen LogP contribution >= 0.6 is 0 Å². The van der Waals surface area contributed by atoms with Crippen LogP contribution in [0, 0.1) is 10.1 Å². The number of para-hydroxylation sites is 1. The summed E-state index contributed by atoms with van der Waals surface area (Å²) in [5.41, 5.74) is 0.677. The minimum Gasteiger partial charge on any atom is -0.492 e. The zero-order chi connectivity index (χ0) is 19.1. The number of nitrogens with one attached hydrogen (secondary N) is 1. The SMILES string of the molecule is O=C(NCCOc1ccccc1)c1ccc(N2CCOCC2)c([N+](=O)[O-])c1. The molecule has 0 bridgehead atoms. The van der Waals surface area contributed by atoms with E-state index >= 15 is 0 Å². The van der Waals surface area contributed by atoms with E-state index in [9.17, 15) is 14.9 Å². The van der Waals surface area contributed by atoms with Crippen LogP contribution < -0.4 is 15.0 Å². The number of hydrogen-bond donors (Lipinski definition) is 1. The number of amides is 1. The Kier molecular flexibility index (Phi) is 6.22. The molecule has 1 aliphatic rings. The standard InChI is InChI=1S/C19H21N3O5/c23-19(20-8-11-27-16-4-2-1-3-5-16)15-6-7-17(18(14-15)22(24)25)21-9-12-26-13-10-21/h1-7,14H,8-13H2,(H,20,23). The predicted octanol–water partition coefficient (Wildman–Crippen LogP) is 2.24. The van der Waals surface area contributed by atoms with Crippen LogP contribution in [0.5, 0.6) is 5.75 Å². The van der Waals surface area contributed by atoms with Crippen molar-refractivity contribution in [2.45, 2.75) is 0 Å². The number of hydrogen-bond acceptors (Lipinski definition) is 6. The number of nitrogens with zero attached hydrogens (tertiary/aromatic N) is 2. The van der Waals surface area contributed by atoms with Gasteiger partial charge < -0.3 is 19.7 Å². The summed E-state index contributed by atoms with van der Waals surface area (Å²) in [5.74, 6) is 0.348. The highest BCUT2D eigenvalue weighted by atomic mass is 16.6. The smallest absolute Gasteiger partial charge is 0.293 e. The Bertz CT molecular complexity index is 791. The molecule has 1 amide bonds. The molecule has 8 heteroatoms. The Labute approximate surface area is 156 Å². The van der Waals surface area contributed by atoms with E-state index in [4.69, 9.17) is 9.47 Å². The molecule has 0 aliphatic carbocycles. The van der Waals surface area contributed by atoms with Crippen molar-refractivity contribution in [1.82, 2.24) is 5.32 Å². The number of nitro groups is 1. The van der Waals surface area contributed by atoms with Gasteiger partial charge in [-0.2, -0.15) is 0 Å². The van der Waals surface area contributed by atoms with Gasteiger partial charge in [0.1, 0.15) is 18.0 Å². The second-order valence-corrected chi connectivity index (χ2v) is 5.98. The number of carbonyl (C=O) groups is 1. The molecule has 2 aromatic rings. The summed E-state index contributed by atoms with van der Waals surface area (Å²) in [4.78, 5) is 25.2. The van der Waals surface area contributed by atoms with E-state index in [-0.39, 0.29) is 17.2 Å². The van der Waals surface area contributed by atoms with Gasteiger partial charge in [-0.15, -0.1) is 0 Å². The van der Waals surface area contributed by atoms with E-state index in [2.05, 4.69) is 5.32 Å². The maximum atomic E-state index is 12.3. The predicted molar refractivity (Wildman–Crippen MR) is 100 cm³/mol. The highest BCUT2D eigenvalue weighted by Crippen LogP contribution is 2.29. The number of nitro benzene ring substituents is 1. The molecule has 0 saturated carbocycles. The molecule has 1 saturated heterocycles. The molecule has 0 spiro atoms. The topological polar surface area (TPSA) is 93.9 Å². The van der Waals surface area contributed by atoms with Crippen LogP contribution in [0.3, 0.4) is 0 Å². The zero-order valence-electron chi connectivity index (χ0n) is 14.8. The minimum absolute atomic E-state index is 0.0786. The first kappa shape index (κ1) is 18.7. The van der Waals surface area contributed by atoms with Gasteiger partial charge in [0.05, 0.1) is 24.7 Å². The van der Waals surface area contributed by atoms with Gasteiger partial charge in [0, 0.05) is 24.7 Å². The lowest BCUT2D eigenvalue weighted by Gasteiger charge is -2.28. The van der Waals surface area contributed by atoms with Crippen molar-refractivity contribution < 1.29 is 19.2 Å². The van der Waals surface area contributed by atoms with Gasteiger partial charge in [-0.1, -0.05) is 18.2 Å². The number of carbonyl (C=O) groups excluding carboxylic acids is 1. The summed E-state index contributed by atoms with van der Waals surface area (Å²) < 4.78 is 10.8. The molecule has 8 nitrogen and oxygen atoms in total. The van der Waals surface area contributed by atoms with Crippen LogP contribution in [0.15, 0.2) is 48.5 Å². The van der Waals surface area contributed by atoms with E-state index < -0.39 is 4.92 Å². The van der Waals surface area contributed by atoms with Crippen LogP contribution in [0.4, 0.5) is 11.4 Å². The molecule has 27 heavy (non-hydrogen) atoms. The quantitative estimate of drug-likeness (QED) is 0.456. The average molecular weight is 371 g/mol. The molecule has 1 heterocycles. The summed E-state index contributed by atoms with van der Waals surface area (Å²) >= 11 is 0. The molecule has 142 valence electrons. The van der Waals surface area contributed by atoms with E-state index in [1.165, 1.54) is 6.07 Å². The van der Waals surface area contributed by atoms with Gasteiger partial charge in [-0.25, -0.2) is 0 Å². The van der Waals surface area contributed by atoms with Crippen LogP contribution in [0.1, 0.15) is 10.4 Å². The van der Waals surface area contributed by atoms with Crippen LogP contribution in [-0.4, -0.2) is 50.3 Å². The molecule has 1 N–H and O–H groups in total. The molecule has 1 aliphatic heterocycles. The van der Waals surface area contributed by atoms with Crippen molar-refractivity contribution >= 4 is 17.3 Å². The summed E-state index contributed by atoms with van der Waals surface area (Å²) in [5, 5.41) is 14.2. The summed E-state index contributed by atoms with van der Waals surface area (Å²) in [6, 6.07) is 13.8. The third-order valence-electron chi connectivity index (χ3n) is 4.19. The van der Waals surface area contributed by atoms with Crippen molar-refractivity contribution in [3.05, 3.63) is 64.2 Å². The van der Waals surface area contributed by atoms with Crippen molar-refractivity contribution in [2.24, 2.45) is 0 Å². The number of rotatable bonds is 7. The fourth-order valence-corrected chi connectivity index (χ4v) is 2.83. The molecule has 3 rings (SSSR count). The third-order valence-corrected chi connectivity index (χ3v) is 4.19. The zero-order valence-corrected chi connectivity index (χ0v) is 14.8. The van der Waals surface area contributed by atoms with E-state index in [0.717, 1.165) is 5.75 Å². The maximum Gasteiger partial charge on any atom is 0.293 e. The normalized spacial score (nSPS) is 13.9. The molecule has 0 unspecified atom stereocenters. The Morgan fingerprint density at radius 1 is 1.19 bits per heavy atom. The average Bonchev–Trinajstić information content (AvgIpc) is 2.72. The van der Waals surface area contributed by atoms with Gasteiger partial charge >= 0.3 is 0 Å². The first-order valence-corrected chi connectivity index (χ1v) is 8.72. The van der Waals surface area contributed by atoms with Crippen molar-refractivity contribution in [3.8, 4) is 5.75 Å². The molecule has 0 aromatic heterocycles. The van der Waals surface area contributed by atoms with E-state index in [1.807, 2.05) is 35.2 Å². The Morgan fingerprint density at radius 3 is 2.63 bits per heavy atom. The molecule has 0 radical (unpaired) electrons. The molecule has 1 fully saturated rings. The van der Waals surface area contributed by atoms with Gasteiger partial charge in [0.25, 0.3) is 11.6 Å². The molecular formula is C19H21N3O5. The van der Waals surface area contributed by atoms with Gasteiger partial charge in [0.15, 0.2) is 0 Å². The lowest BCUT2D eigenvalue weighted by atomic mass is 10.1. The number of ether oxygens (including phenoxy) is 2. The largest absolute Gasteiger partial charge is 0.492 e. The molecular weight excluding hydrogens is 350 g/mol. The summed E-state index contributed by atoms with van der Waals surface area (Å²) in [7, 11) is 0. The second-order valence-electron chi connectivity index (χ2n) is 5.98. The van der Waals surface area contributed by atoms with Gasteiger partial charge in [-0.3, -0.25) is 14.9 Å². The summed E-state index contributed by atoms with van der Waals surface area (Å²) in [6.45, 7) is 2.84. The third kappa shape index (κ3) is 4.95. The van der Waals surface area contributed by atoms with Crippen molar-refractivity contribution in [1.29, 1.82) is 0 Å². The molecule has 0 atom stereocenters. The van der Waals surface area contributed by atoms with Crippen LogP contribution in [0.2, 0.25) is 0 Å². The van der Waals surface area contributed by atoms with Gasteiger partial charge in [0.2, 0.25) is 0 Å². The van der Waals surface area contributed by atoms with Gasteiger partial charge in [-0.05, 0) is 24.3 Å². The Balaban J connectivity index is 1.60. The fraction of sp³-hybridized carbons (Fsp3) is 0.316. The first-order chi connectivity index (χ1) is 13.1. The highest BCUT2D eigenvalue weighted by Gasteiger charge is 2.23. The maximum absolute atomic E-state index is 12.3. The van der Waals surface area contributed by atoms with Crippen molar-refractivity contribution in [3.63, 3.8) is 0 Å². The minimum atomic E-state index is -0.458. The second kappa shape index (κ2) is 9.00. The van der Waals surface area contributed by atoms with E-state index in [1.54, 1.807) is 12.1 Å². The molecule has 2 aromatic carbocycles. The lowest BCUT2D eigenvalue weighted by Crippen LogP contribution is -2.36. The fourth-order valence-electron chi connectivity index (χ4n) is 2.83. The number of anilines is 1. The number of morpholine rings is 1. The number of benzene rings is 2. The van der Waals surface area contributed by atoms with E-state index in [0.29, 0.717) is 45.1 Å². The Morgan fingerprint density at radius 2 is 1.93 bits per heavy atom. The van der Waals surface area contributed by atoms with Crippen LogP contribution in [0.25, 0.3) is 0 Å². The Hall–Kier alpha value is -3.13. The highest BCUT2D eigenvalue weighted by molar-refractivity contribution is 5.95. The first-order valence-electron chi connectivity index (χ1n) is 8.72. The monoisotopic (exact) mass is 371 g/mol.